The summed E-state index contributed by atoms with van der Waals surface area (Å²) in [6, 6.07) is 7.91. The lowest BCUT2D eigenvalue weighted by Gasteiger charge is -2.12. The molecule has 0 spiro atoms. The van der Waals surface area contributed by atoms with Crippen LogP contribution < -0.4 is 5.73 Å². The van der Waals surface area contributed by atoms with Crippen molar-refractivity contribution < 1.29 is 4.79 Å². The van der Waals surface area contributed by atoms with Crippen LogP contribution in [-0.4, -0.2) is 25.5 Å². The highest BCUT2D eigenvalue weighted by Gasteiger charge is 2.21. The molecule has 0 atom stereocenters. The summed E-state index contributed by atoms with van der Waals surface area (Å²) in [7, 11) is 0. The first-order valence-corrected chi connectivity index (χ1v) is 7.59. The number of carbonyl (C=O) groups is 1. The van der Waals surface area contributed by atoms with Crippen molar-refractivity contribution in [3.63, 3.8) is 0 Å². The molecule has 0 bridgehead atoms. The third-order valence-corrected chi connectivity index (χ3v) is 3.90. The number of carbonyl (C=O) groups excluding carboxylic acids is 1. The van der Waals surface area contributed by atoms with Gasteiger partial charge in [-0.05, 0) is 30.0 Å². The number of primary amides is 1. The lowest BCUT2D eigenvalue weighted by atomic mass is 9.98. The van der Waals surface area contributed by atoms with E-state index >= 15 is 0 Å². The van der Waals surface area contributed by atoms with Gasteiger partial charge in [-0.2, -0.15) is 9.50 Å². The number of nitrogens with two attached hydrogens (primary N) is 1. The fourth-order valence-corrected chi connectivity index (χ4v) is 2.72. The van der Waals surface area contributed by atoms with E-state index in [0.717, 1.165) is 5.56 Å². The Morgan fingerprint density at radius 3 is 2.43 bits per heavy atom. The molecule has 6 nitrogen and oxygen atoms in total. The van der Waals surface area contributed by atoms with Gasteiger partial charge in [-0.1, -0.05) is 38.1 Å². The zero-order chi connectivity index (χ0) is 16.7. The maximum Gasteiger partial charge on any atom is 0.254 e. The van der Waals surface area contributed by atoms with Crippen molar-refractivity contribution in [2.45, 2.75) is 26.7 Å². The van der Waals surface area contributed by atoms with Gasteiger partial charge in [0.1, 0.15) is 0 Å². The molecule has 2 heterocycles. The molecule has 7 heteroatoms. The molecule has 1 aromatic carbocycles. The monoisotopic (exact) mass is 329 g/mol. The molecule has 3 aromatic rings. The molecule has 0 saturated carbocycles. The summed E-state index contributed by atoms with van der Waals surface area (Å²) in [4.78, 5) is 20.2. The van der Waals surface area contributed by atoms with Gasteiger partial charge in [0.05, 0.1) is 17.0 Å². The first-order chi connectivity index (χ1) is 10.9. The average Bonchev–Trinajstić information content (AvgIpc) is 2.85. The van der Waals surface area contributed by atoms with Gasteiger partial charge in [-0.15, -0.1) is 5.10 Å². The largest absolute Gasteiger partial charge is 0.365 e. The van der Waals surface area contributed by atoms with Gasteiger partial charge >= 0.3 is 0 Å². The summed E-state index contributed by atoms with van der Waals surface area (Å²) < 4.78 is 1.46. The van der Waals surface area contributed by atoms with Crippen molar-refractivity contribution in [3.05, 3.63) is 46.4 Å². The Balaban J connectivity index is 2.33. The summed E-state index contributed by atoms with van der Waals surface area (Å²) in [5.74, 6) is 0.187. The van der Waals surface area contributed by atoms with Gasteiger partial charge < -0.3 is 5.73 Å². The van der Waals surface area contributed by atoms with E-state index in [4.69, 9.17) is 17.3 Å². The molecule has 0 radical (unpaired) electrons. The summed E-state index contributed by atoms with van der Waals surface area (Å²) in [6.07, 6.45) is 0. The average molecular weight is 330 g/mol. The molecule has 0 fully saturated rings. The van der Waals surface area contributed by atoms with Gasteiger partial charge in [0.25, 0.3) is 11.7 Å². The quantitative estimate of drug-likeness (QED) is 0.800. The Morgan fingerprint density at radius 1 is 1.22 bits per heavy atom. The zero-order valence-corrected chi connectivity index (χ0v) is 13.8. The molecule has 2 aromatic heterocycles. The number of hydrogen-bond acceptors (Lipinski definition) is 4. The standard InChI is InChI=1S/C16H16ClN5O/c1-8(2)10-4-6-11(7-5-10)13-12(14(18)23)9(3)19-16-20-15(17)21-22(13)16/h4-8H,1-3H3,(H2,18,23). The van der Waals surface area contributed by atoms with E-state index in [0.29, 0.717) is 28.6 Å². The lowest BCUT2D eigenvalue weighted by molar-refractivity contribution is 0.0999. The highest BCUT2D eigenvalue weighted by Crippen LogP contribution is 2.28. The van der Waals surface area contributed by atoms with Crippen LogP contribution in [0.5, 0.6) is 0 Å². The molecule has 23 heavy (non-hydrogen) atoms. The van der Waals surface area contributed by atoms with Crippen LogP contribution in [0.4, 0.5) is 0 Å². The summed E-state index contributed by atoms with van der Waals surface area (Å²) >= 11 is 5.89. The Bertz CT molecular complexity index is 899. The molecule has 0 unspecified atom stereocenters. The van der Waals surface area contributed by atoms with Crippen LogP contribution in [0.3, 0.4) is 0 Å². The van der Waals surface area contributed by atoms with Crippen molar-refractivity contribution in [1.82, 2.24) is 19.6 Å². The number of halogens is 1. The van der Waals surface area contributed by atoms with Gasteiger partial charge in [0, 0.05) is 5.56 Å². The molecular formula is C16H16ClN5O. The van der Waals surface area contributed by atoms with E-state index in [9.17, 15) is 4.79 Å². The van der Waals surface area contributed by atoms with Crippen molar-refractivity contribution in [3.8, 4) is 11.3 Å². The topological polar surface area (TPSA) is 86.2 Å². The Morgan fingerprint density at radius 2 is 1.87 bits per heavy atom. The van der Waals surface area contributed by atoms with Crippen LogP contribution in [0.15, 0.2) is 24.3 Å². The van der Waals surface area contributed by atoms with Gasteiger partial charge in [0.15, 0.2) is 0 Å². The van der Waals surface area contributed by atoms with Gasteiger partial charge in [-0.3, -0.25) is 4.79 Å². The Kier molecular flexibility index (Phi) is 3.77. The van der Waals surface area contributed by atoms with Crippen molar-refractivity contribution in [1.29, 1.82) is 0 Å². The SMILES string of the molecule is Cc1nc2nc(Cl)nn2c(-c2ccc(C(C)C)cc2)c1C(N)=O. The first-order valence-electron chi connectivity index (χ1n) is 7.21. The molecular weight excluding hydrogens is 314 g/mol. The van der Waals surface area contributed by atoms with Gasteiger partial charge in [0.2, 0.25) is 5.28 Å². The van der Waals surface area contributed by atoms with E-state index < -0.39 is 5.91 Å². The maximum absolute atomic E-state index is 11.9. The van der Waals surface area contributed by atoms with E-state index in [1.165, 1.54) is 10.1 Å². The third-order valence-electron chi connectivity index (χ3n) is 3.74. The molecule has 0 aliphatic heterocycles. The minimum absolute atomic E-state index is 0.0681. The molecule has 1 amide bonds. The normalized spacial score (nSPS) is 11.3. The first kappa shape index (κ1) is 15.4. The number of amides is 1. The summed E-state index contributed by atoms with van der Waals surface area (Å²) in [5, 5.41) is 4.20. The van der Waals surface area contributed by atoms with E-state index in [1.807, 2.05) is 24.3 Å². The number of rotatable bonds is 3. The van der Waals surface area contributed by atoms with Crippen molar-refractivity contribution >= 4 is 23.3 Å². The minimum Gasteiger partial charge on any atom is -0.365 e. The van der Waals surface area contributed by atoms with Crippen LogP contribution >= 0.6 is 11.6 Å². The minimum atomic E-state index is -0.563. The predicted octanol–water partition coefficient (Wildman–Crippen LogP) is 2.98. The Labute approximate surface area is 138 Å². The number of benzene rings is 1. The van der Waals surface area contributed by atoms with Gasteiger partial charge in [-0.25, -0.2) is 4.98 Å². The predicted molar refractivity (Wildman–Crippen MR) is 88.6 cm³/mol. The number of nitrogens with zero attached hydrogens (tertiary/aromatic N) is 4. The van der Waals surface area contributed by atoms with Crippen LogP contribution in [0.25, 0.3) is 17.0 Å². The van der Waals surface area contributed by atoms with E-state index in [-0.39, 0.29) is 5.28 Å². The second-order valence-electron chi connectivity index (χ2n) is 5.65. The van der Waals surface area contributed by atoms with Crippen LogP contribution in [-0.2, 0) is 0 Å². The molecule has 0 aliphatic rings. The maximum atomic E-state index is 11.9. The van der Waals surface area contributed by atoms with E-state index in [2.05, 4.69) is 28.9 Å². The third kappa shape index (κ3) is 2.66. The molecule has 118 valence electrons. The number of aromatic nitrogens is 4. The number of hydrogen-bond donors (Lipinski definition) is 1. The summed E-state index contributed by atoms with van der Waals surface area (Å²) in [5.41, 5.74) is 8.93. The fraction of sp³-hybridized carbons (Fsp3) is 0.250. The van der Waals surface area contributed by atoms with Crippen molar-refractivity contribution in [2.24, 2.45) is 5.73 Å². The highest BCUT2D eigenvalue weighted by atomic mass is 35.5. The molecule has 2 N–H and O–H groups in total. The Hall–Kier alpha value is -2.47. The molecule has 0 saturated heterocycles. The van der Waals surface area contributed by atoms with E-state index in [1.54, 1.807) is 6.92 Å². The highest BCUT2D eigenvalue weighted by molar-refractivity contribution is 6.28. The lowest BCUT2D eigenvalue weighted by Crippen LogP contribution is -2.18. The van der Waals surface area contributed by atoms with Crippen LogP contribution in [0.1, 0.15) is 41.4 Å². The second-order valence-corrected chi connectivity index (χ2v) is 5.99. The number of fused-ring (bicyclic) bond motifs is 1. The van der Waals surface area contributed by atoms with Crippen molar-refractivity contribution in [2.75, 3.05) is 0 Å². The number of aryl methyl sites for hydroxylation is 1. The fourth-order valence-electron chi connectivity index (χ4n) is 2.57. The van der Waals surface area contributed by atoms with Crippen LogP contribution in [0, 0.1) is 6.92 Å². The summed E-state index contributed by atoms with van der Waals surface area (Å²) in [6.45, 7) is 5.96. The zero-order valence-electron chi connectivity index (χ0n) is 13.0. The molecule has 0 aliphatic carbocycles. The second kappa shape index (κ2) is 5.62. The smallest absolute Gasteiger partial charge is 0.254 e. The van der Waals surface area contributed by atoms with Crippen LogP contribution in [0.2, 0.25) is 5.28 Å². The molecule has 3 rings (SSSR count).